The maximum Gasteiger partial charge on any atom is 0.227 e. The zero-order chi connectivity index (χ0) is 20.1. The molecule has 1 N–H and O–H groups in total. The van der Waals surface area contributed by atoms with Crippen LogP contribution < -0.4 is 10.2 Å². The Morgan fingerprint density at radius 3 is 2.21 bits per heavy atom. The van der Waals surface area contributed by atoms with Crippen molar-refractivity contribution in [1.82, 2.24) is 5.32 Å². The fraction of sp³-hybridized carbons (Fsp3) is 0.417. The van der Waals surface area contributed by atoms with Crippen LogP contribution in [-0.2, 0) is 22.4 Å². The second kappa shape index (κ2) is 9.05. The number of benzene rings is 2. The zero-order valence-corrected chi connectivity index (χ0v) is 17.1. The van der Waals surface area contributed by atoms with Crippen molar-refractivity contribution in [1.29, 1.82) is 0 Å². The van der Waals surface area contributed by atoms with E-state index in [1.54, 1.807) is 0 Å². The normalized spacial score (nSPS) is 15.1. The summed E-state index contributed by atoms with van der Waals surface area (Å²) in [5.74, 6) is 0.820. The lowest BCUT2D eigenvalue weighted by atomic mass is 10.00. The molecule has 4 heteroatoms. The van der Waals surface area contributed by atoms with Gasteiger partial charge in [0.2, 0.25) is 11.8 Å². The van der Waals surface area contributed by atoms with Crippen molar-refractivity contribution < 1.29 is 9.59 Å². The summed E-state index contributed by atoms with van der Waals surface area (Å²) in [5.41, 5.74) is 4.31. The van der Waals surface area contributed by atoms with Crippen LogP contribution in [0.3, 0.4) is 0 Å². The summed E-state index contributed by atoms with van der Waals surface area (Å²) in [4.78, 5) is 26.1. The average Bonchev–Trinajstić information content (AvgIpc) is 3.08. The Balaban J connectivity index is 1.54. The summed E-state index contributed by atoms with van der Waals surface area (Å²) in [6.45, 7) is 7.22. The molecular weight excluding hydrogens is 348 g/mol. The molecule has 1 heterocycles. The molecule has 148 valence electrons. The summed E-state index contributed by atoms with van der Waals surface area (Å²) in [5, 5.41) is 3.08. The molecular formula is C24H30N2O2. The first-order chi connectivity index (χ1) is 13.4. The topological polar surface area (TPSA) is 49.4 Å². The maximum absolute atomic E-state index is 12.4. The van der Waals surface area contributed by atoms with Gasteiger partial charge in [-0.25, -0.2) is 0 Å². The highest BCUT2D eigenvalue weighted by molar-refractivity contribution is 5.95. The molecule has 0 bridgehead atoms. The van der Waals surface area contributed by atoms with Gasteiger partial charge in [-0.15, -0.1) is 0 Å². The number of anilines is 1. The summed E-state index contributed by atoms with van der Waals surface area (Å²) >= 11 is 0. The Morgan fingerprint density at radius 1 is 1.00 bits per heavy atom. The third kappa shape index (κ3) is 5.22. The molecule has 1 aliphatic heterocycles. The maximum atomic E-state index is 12.4. The smallest absolute Gasteiger partial charge is 0.227 e. The molecule has 0 spiro atoms. The van der Waals surface area contributed by atoms with Gasteiger partial charge in [0.15, 0.2) is 0 Å². The van der Waals surface area contributed by atoms with Crippen molar-refractivity contribution in [3.8, 4) is 0 Å². The minimum Gasteiger partial charge on any atom is -0.349 e. The van der Waals surface area contributed by atoms with Gasteiger partial charge in [-0.05, 0) is 54.5 Å². The van der Waals surface area contributed by atoms with E-state index in [1.165, 1.54) is 5.56 Å². The first kappa shape index (κ1) is 20.1. The number of carbonyl (C=O) groups excluding carboxylic acids is 2. The number of carbonyl (C=O) groups is 2. The van der Waals surface area contributed by atoms with Crippen LogP contribution in [0.25, 0.3) is 0 Å². The van der Waals surface area contributed by atoms with E-state index in [4.69, 9.17) is 0 Å². The lowest BCUT2D eigenvalue weighted by Gasteiger charge is -2.17. The highest BCUT2D eigenvalue weighted by Crippen LogP contribution is 2.22. The lowest BCUT2D eigenvalue weighted by Crippen LogP contribution is -2.28. The van der Waals surface area contributed by atoms with Crippen molar-refractivity contribution in [2.45, 2.75) is 52.5 Å². The van der Waals surface area contributed by atoms with Crippen molar-refractivity contribution in [2.75, 3.05) is 11.4 Å². The van der Waals surface area contributed by atoms with Gasteiger partial charge in [0, 0.05) is 18.7 Å². The third-order valence-electron chi connectivity index (χ3n) is 5.19. The van der Waals surface area contributed by atoms with Crippen LogP contribution in [0.15, 0.2) is 48.5 Å². The van der Waals surface area contributed by atoms with Crippen LogP contribution in [0, 0.1) is 5.92 Å². The van der Waals surface area contributed by atoms with Crippen molar-refractivity contribution >= 4 is 17.5 Å². The van der Waals surface area contributed by atoms with Crippen molar-refractivity contribution in [2.24, 2.45) is 5.92 Å². The largest absolute Gasteiger partial charge is 0.349 e. The number of amides is 2. The zero-order valence-electron chi connectivity index (χ0n) is 17.1. The van der Waals surface area contributed by atoms with Crippen molar-refractivity contribution in [3.05, 3.63) is 65.2 Å². The van der Waals surface area contributed by atoms with Gasteiger partial charge in [-0.3, -0.25) is 9.59 Å². The van der Waals surface area contributed by atoms with E-state index < -0.39 is 0 Å². The highest BCUT2D eigenvalue weighted by Gasteiger charge is 2.21. The first-order valence-corrected chi connectivity index (χ1v) is 10.2. The average molecular weight is 379 g/mol. The molecule has 2 aromatic rings. The molecule has 4 nitrogen and oxygen atoms in total. The monoisotopic (exact) mass is 378 g/mol. The standard InChI is InChI=1S/C24H30N2O2/c1-17(2)15-19-6-10-21(11-7-19)18(3)25-23(27)16-20-8-12-22(13-9-20)26-14-4-5-24(26)28/h6-13,17-18H,4-5,14-16H2,1-3H3,(H,25,27). The number of nitrogens with zero attached hydrogens (tertiary/aromatic N) is 1. The molecule has 1 atom stereocenters. The molecule has 3 rings (SSSR count). The lowest BCUT2D eigenvalue weighted by molar-refractivity contribution is -0.121. The molecule has 1 saturated heterocycles. The van der Waals surface area contributed by atoms with Gasteiger partial charge in [-0.2, -0.15) is 0 Å². The van der Waals surface area contributed by atoms with Gasteiger partial charge >= 0.3 is 0 Å². The molecule has 1 aliphatic rings. The summed E-state index contributed by atoms with van der Waals surface area (Å²) in [6.07, 6.45) is 2.95. The number of hydrogen-bond acceptors (Lipinski definition) is 2. The van der Waals surface area contributed by atoms with Crippen LogP contribution >= 0.6 is 0 Å². The minimum atomic E-state index is -0.0258. The Bertz CT molecular complexity index is 810. The van der Waals surface area contributed by atoms with E-state index in [0.717, 1.165) is 36.2 Å². The van der Waals surface area contributed by atoms with Crippen LogP contribution in [0.1, 0.15) is 56.3 Å². The minimum absolute atomic E-state index is 0.00348. The van der Waals surface area contributed by atoms with Gasteiger partial charge in [0.1, 0.15) is 0 Å². The predicted molar refractivity (Wildman–Crippen MR) is 113 cm³/mol. The Hall–Kier alpha value is -2.62. The molecule has 0 aromatic heterocycles. The van der Waals surface area contributed by atoms with Crippen LogP contribution in [-0.4, -0.2) is 18.4 Å². The summed E-state index contributed by atoms with van der Waals surface area (Å²) in [7, 11) is 0. The van der Waals surface area contributed by atoms with E-state index in [1.807, 2.05) is 36.1 Å². The summed E-state index contributed by atoms with van der Waals surface area (Å²) < 4.78 is 0. The van der Waals surface area contributed by atoms with E-state index in [9.17, 15) is 9.59 Å². The van der Waals surface area contributed by atoms with E-state index >= 15 is 0 Å². The van der Waals surface area contributed by atoms with E-state index in [2.05, 4.69) is 43.4 Å². The van der Waals surface area contributed by atoms with Crippen molar-refractivity contribution in [3.63, 3.8) is 0 Å². The Labute approximate surface area is 167 Å². The number of nitrogens with one attached hydrogen (secondary N) is 1. The SMILES string of the molecule is CC(C)Cc1ccc(C(C)NC(=O)Cc2ccc(N3CCCC3=O)cc2)cc1. The quantitative estimate of drug-likeness (QED) is 0.775. The fourth-order valence-electron chi connectivity index (χ4n) is 3.69. The third-order valence-corrected chi connectivity index (χ3v) is 5.19. The summed E-state index contributed by atoms with van der Waals surface area (Å²) in [6, 6.07) is 16.2. The van der Waals surface area contributed by atoms with Gasteiger partial charge < -0.3 is 10.2 Å². The van der Waals surface area contributed by atoms with Gasteiger partial charge in [0.25, 0.3) is 0 Å². The molecule has 28 heavy (non-hydrogen) atoms. The predicted octanol–water partition coefficient (Wildman–Crippen LogP) is 4.43. The molecule has 1 unspecified atom stereocenters. The number of rotatable bonds is 7. The van der Waals surface area contributed by atoms with Gasteiger partial charge in [-0.1, -0.05) is 50.2 Å². The molecule has 0 saturated carbocycles. The van der Waals surface area contributed by atoms with E-state index in [0.29, 0.717) is 18.8 Å². The van der Waals surface area contributed by atoms with Crippen LogP contribution in [0.4, 0.5) is 5.69 Å². The highest BCUT2D eigenvalue weighted by atomic mass is 16.2. The fourth-order valence-corrected chi connectivity index (χ4v) is 3.69. The molecule has 2 amide bonds. The Kier molecular flexibility index (Phi) is 6.50. The van der Waals surface area contributed by atoms with E-state index in [-0.39, 0.29) is 17.9 Å². The molecule has 1 fully saturated rings. The van der Waals surface area contributed by atoms with Crippen LogP contribution in [0.5, 0.6) is 0 Å². The molecule has 0 radical (unpaired) electrons. The Morgan fingerprint density at radius 2 is 1.64 bits per heavy atom. The second-order valence-electron chi connectivity index (χ2n) is 8.12. The van der Waals surface area contributed by atoms with Gasteiger partial charge in [0.05, 0.1) is 12.5 Å². The number of hydrogen-bond donors (Lipinski definition) is 1. The second-order valence-corrected chi connectivity index (χ2v) is 8.12. The first-order valence-electron chi connectivity index (χ1n) is 10.2. The molecule has 2 aromatic carbocycles. The van der Waals surface area contributed by atoms with Crippen LogP contribution in [0.2, 0.25) is 0 Å². The molecule has 0 aliphatic carbocycles.